The number of rotatable bonds is 6. The van der Waals surface area contributed by atoms with Gasteiger partial charge in [-0.25, -0.2) is 5.48 Å². The molecule has 0 aliphatic carbocycles. The highest BCUT2D eigenvalue weighted by Crippen LogP contribution is 2.30. The van der Waals surface area contributed by atoms with Gasteiger partial charge in [0, 0.05) is 23.8 Å². The van der Waals surface area contributed by atoms with Crippen molar-refractivity contribution in [1.29, 1.82) is 0 Å². The summed E-state index contributed by atoms with van der Waals surface area (Å²) in [5.41, 5.74) is 3.27. The number of hydrogen-bond acceptors (Lipinski definition) is 5. The Hall–Kier alpha value is -2.06. The van der Waals surface area contributed by atoms with Crippen LogP contribution in [0.1, 0.15) is 15.9 Å². The number of amides is 1. The standard InChI is InChI=1S/C16H17Cl2N3O4/c1-9-14(19-13-4-3-10(17)7-12(13)18)11(8-21(2)16(9)24)15(23)20-25-6-5-22/h3-4,7-8,19,22H,5-6H2,1-2H3,(H,20,23). The fourth-order valence-electron chi connectivity index (χ4n) is 2.17. The van der Waals surface area contributed by atoms with Crippen molar-refractivity contribution in [2.24, 2.45) is 7.05 Å². The van der Waals surface area contributed by atoms with Gasteiger partial charge in [0.25, 0.3) is 11.5 Å². The lowest BCUT2D eigenvalue weighted by molar-refractivity contribution is 0.0168. The molecule has 0 bridgehead atoms. The summed E-state index contributed by atoms with van der Waals surface area (Å²) in [6, 6.07) is 4.83. The highest BCUT2D eigenvalue weighted by Gasteiger charge is 2.18. The van der Waals surface area contributed by atoms with Crippen LogP contribution in [0.2, 0.25) is 10.0 Å². The van der Waals surface area contributed by atoms with Crippen LogP contribution in [0.3, 0.4) is 0 Å². The molecule has 7 nitrogen and oxygen atoms in total. The summed E-state index contributed by atoms with van der Waals surface area (Å²) in [7, 11) is 1.54. The Kier molecular flexibility index (Phi) is 6.44. The average Bonchev–Trinajstić information content (AvgIpc) is 2.57. The number of hydroxylamine groups is 1. The van der Waals surface area contributed by atoms with E-state index < -0.39 is 5.91 Å². The van der Waals surface area contributed by atoms with E-state index in [2.05, 4.69) is 10.8 Å². The van der Waals surface area contributed by atoms with Gasteiger partial charge in [0.1, 0.15) is 0 Å². The van der Waals surface area contributed by atoms with Crippen LogP contribution in [0.15, 0.2) is 29.2 Å². The van der Waals surface area contributed by atoms with Crippen LogP contribution in [0.5, 0.6) is 0 Å². The van der Waals surface area contributed by atoms with Gasteiger partial charge in [0.2, 0.25) is 0 Å². The SMILES string of the molecule is Cc1c(Nc2ccc(Cl)cc2Cl)c(C(=O)NOCCO)cn(C)c1=O. The molecule has 0 saturated heterocycles. The monoisotopic (exact) mass is 385 g/mol. The van der Waals surface area contributed by atoms with E-state index in [9.17, 15) is 9.59 Å². The van der Waals surface area contributed by atoms with E-state index in [0.717, 1.165) is 0 Å². The Morgan fingerprint density at radius 3 is 2.72 bits per heavy atom. The zero-order valence-electron chi connectivity index (χ0n) is 13.6. The quantitative estimate of drug-likeness (QED) is 0.524. The number of benzene rings is 1. The number of carbonyl (C=O) groups is 1. The van der Waals surface area contributed by atoms with Crippen molar-refractivity contribution < 1.29 is 14.7 Å². The normalized spacial score (nSPS) is 10.6. The maximum absolute atomic E-state index is 12.4. The number of nitrogens with zero attached hydrogens (tertiary/aromatic N) is 1. The first-order valence-electron chi connectivity index (χ1n) is 7.30. The van der Waals surface area contributed by atoms with Crippen molar-refractivity contribution in [2.75, 3.05) is 18.5 Å². The Morgan fingerprint density at radius 2 is 2.08 bits per heavy atom. The summed E-state index contributed by atoms with van der Waals surface area (Å²) in [5, 5.41) is 12.5. The fourth-order valence-corrected chi connectivity index (χ4v) is 2.62. The summed E-state index contributed by atoms with van der Waals surface area (Å²) in [5.74, 6) is -0.570. The zero-order valence-corrected chi connectivity index (χ0v) is 15.1. The van der Waals surface area contributed by atoms with E-state index in [1.807, 2.05) is 0 Å². The number of hydrogen-bond donors (Lipinski definition) is 3. The van der Waals surface area contributed by atoms with Gasteiger partial charge in [0.05, 0.1) is 35.2 Å². The highest BCUT2D eigenvalue weighted by atomic mass is 35.5. The van der Waals surface area contributed by atoms with Crippen LogP contribution in [0, 0.1) is 6.92 Å². The van der Waals surface area contributed by atoms with Crippen molar-refractivity contribution in [2.45, 2.75) is 6.92 Å². The van der Waals surface area contributed by atoms with Gasteiger partial charge >= 0.3 is 0 Å². The molecule has 0 spiro atoms. The molecule has 0 unspecified atom stereocenters. The maximum atomic E-state index is 12.4. The lowest BCUT2D eigenvalue weighted by atomic mass is 10.1. The number of nitrogens with one attached hydrogen (secondary N) is 2. The molecule has 3 N–H and O–H groups in total. The number of halogens is 2. The Labute approximate surface area is 154 Å². The van der Waals surface area contributed by atoms with Crippen LogP contribution < -0.4 is 16.4 Å². The fraction of sp³-hybridized carbons (Fsp3) is 0.250. The van der Waals surface area contributed by atoms with E-state index in [1.165, 1.54) is 10.8 Å². The van der Waals surface area contributed by atoms with Crippen molar-refractivity contribution in [1.82, 2.24) is 10.0 Å². The van der Waals surface area contributed by atoms with Gasteiger partial charge in [-0.2, -0.15) is 0 Å². The van der Waals surface area contributed by atoms with E-state index in [4.69, 9.17) is 33.1 Å². The number of aryl methyl sites for hydroxylation is 1. The minimum atomic E-state index is -0.570. The first kappa shape index (κ1) is 19.3. The van der Waals surface area contributed by atoms with Crippen LogP contribution >= 0.6 is 23.2 Å². The molecule has 1 aromatic carbocycles. The number of carbonyl (C=O) groups excluding carboxylic acids is 1. The molecule has 1 amide bonds. The molecule has 0 atom stereocenters. The van der Waals surface area contributed by atoms with Gasteiger partial charge in [0.15, 0.2) is 0 Å². The topological polar surface area (TPSA) is 92.6 Å². The van der Waals surface area contributed by atoms with Crippen molar-refractivity contribution in [3.8, 4) is 0 Å². The first-order valence-corrected chi connectivity index (χ1v) is 8.06. The van der Waals surface area contributed by atoms with E-state index in [-0.39, 0.29) is 24.3 Å². The largest absolute Gasteiger partial charge is 0.394 e. The molecule has 2 rings (SSSR count). The lowest BCUT2D eigenvalue weighted by Crippen LogP contribution is -2.29. The summed E-state index contributed by atoms with van der Waals surface area (Å²) < 4.78 is 1.30. The molecule has 134 valence electrons. The third kappa shape index (κ3) is 4.52. The van der Waals surface area contributed by atoms with Crippen LogP contribution in [0.4, 0.5) is 11.4 Å². The molecular weight excluding hydrogens is 369 g/mol. The van der Waals surface area contributed by atoms with Crippen molar-refractivity contribution in [3.05, 3.63) is 55.9 Å². The molecule has 0 aliphatic rings. The third-order valence-corrected chi connectivity index (χ3v) is 3.95. The number of anilines is 2. The first-order chi connectivity index (χ1) is 11.8. The number of pyridine rings is 1. The third-order valence-electron chi connectivity index (χ3n) is 3.40. The van der Waals surface area contributed by atoms with Gasteiger partial charge in [-0.05, 0) is 25.1 Å². The van der Waals surface area contributed by atoms with E-state index in [0.29, 0.717) is 27.0 Å². The molecule has 0 radical (unpaired) electrons. The minimum absolute atomic E-state index is 0.0533. The van der Waals surface area contributed by atoms with E-state index >= 15 is 0 Å². The van der Waals surface area contributed by atoms with Crippen LogP contribution in [-0.2, 0) is 11.9 Å². The van der Waals surface area contributed by atoms with Crippen molar-refractivity contribution in [3.63, 3.8) is 0 Å². The molecule has 0 saturated carbocycles. The summed E-state index contributed by atoms with van der Waals surface area (Å²) in [6.07, 6.45) is 1.39. The van der Waals surface area contributed by atoms with Gasteiger partial charge in [-0.15, -0.1) is 0 Å². The molecule has 9 heteroatoms. The minimum Gasteiger partial charge on any atom is -0.394 e. The van der Waals surface area contributed by atoms with Gasteiger partial charge in [-0.3, -0.25) is 14.4 Å². The predicted molar refractivity (Wildman–Crippen MR) is 96.7 cm³/mol. The maximum Gasteiger partial charge on any atom is 0.278 e. The second-order valence-corrected chi connectivity index (χ2v) is 6.05. The summed E-state index contributed by atoms with van der Waals surface area (Å²) >= 11 is 12.0. The van der Waals surface area contributed by atoms with E-state index in [1.54, 1.807) is 32.2 Å². The predicted octanol–water partition coefficient (Wildman–Crippen LogP) is 2.40. The van der Waals surface area contributed by atoms with Crippen LogP contribution in [-0.4, -0.2) is 28.8 Å². The molecule has 1 aromatic heterocycles. The Morgan fingerprint density at radius 1 is 1.36 bits per heavy atom. The second-order valence-electron chi connectivity index (χ2n) is 5.21. The number of aromatic nitrogens is 1. The molecule has 0 fully saturated rings. The highest BCUT2D eigenvalue weighted by molar-refractivity contribution is 6.36. The molecule has 2 aromatic rings. The smallest absolute Gasteiger partial charge is 0.278 e. The number of aliphatic hydroxyl groups excluding tert-OH is 1. The Bertz CT molecular complexity index is 852. The molecule has 25 heavy (non-hydrogen) atoms. The Balaban J connectivity index is 2.45. The van der Waals surface area contributed by atoms with Gasteiger partial charge < -0.3 is 15.0 Å². The lowest BCUT2D eigenvalue weighted by Gasteiger charge is -2.16. The molecular formula is C16H17Cl2N3O4. The second kappa shape index (κ2) is 8.35. The van der Waals surface area contributed by atoms with Gasteiger partial charge in [-0.1, -0.05) is 23.2 Å². The molecule has 0 aliphatic heterocycles. The van der Waals surface area contributed by atoms with Crippen LogP contribution in [0.25, 0.3) is 0 Å². The summed E-state index contributed by atoms with van der Waals surface area (Å²) in [6.45, 7) is 1.31. The average molecular weight is 386 g/mol. The molecule has 1 heterocycles. The number of aliphatic hydroxyl groups is 1. The zero-order chi connectivity index (χ0) is 18.6. The summed E-state index contributed by atoms with van der Waals surface area (Å²) in [4.78, 5) is 29.4. The van der Waals surface area contributed by atoms with Crippen molar-refractivity contribution >= 4 is 40.5 Å².